The first-order valence-corrected chi connectivity index (χ1v) is 10.7. The number of aromatic nitrogens is 1. The van der Waals surface area contributed by atoms with Crippen LogP contribution in [0.25, 0.3) is 10.9 Å². The normalized spacial score (nSPS) is 29.6. The maximum atomic E-state index is 11.7. The smallest absolute Gasteiger partial charge is 0.131 e. The lowest BCUT2D eigenvalue weighted by Crippen LogP contribution is -2.67. The molecule has 1 N–H and O–H groups in total. The third-order valence-corrected chi connectivity index (χ3v) is 7.38. The molecule has 5 atom stereocenters. The standard InChI is InChI=1S/C26H29N2O/c1-2-20-18-28(17-19-8-4-3-5-9-19)15-13-21(20)16-25(28)26(29)23-12-14-27-24-11-7-6-10-22(23)24/h2-12,14,20-21,25-26,29H,1,13,15-18H2/q+1/t20-,21-,25-,26+,28-/m1/s1. The Bertz CT molecular complexity index is 1010. The van der Waals surface area contributed by atoms with Gasteiger partial charge in [0.25, 0.3) is 0 Å². The molecule has 3 aliphatic rings. The predicted octanol–water partition coefficient (Wildman–Crippen LogP) is 4.88. The van der Waals surface area contributed by atoms with E-state index in [2.05, 4.69) is 54.0 Å². The summed E-state index contributed by atoms with van der Waals surface area (Å²) in [5.41, 5.74) is 3.33. The Morgan fingerprint density at radius 1 is 1.10 bits per heavy atom. The number of rotatable bonds is 5. The molecule has 1 aromatic heterocycles. The number of benzene rings is 2. The summed E-state index contributed by atoms with van der Waals surface area (Å²) in [5, 5.41) is 12.8. The summed E-state index contributed by atoms with van der Waals surface area (Å²) in [6.45, 7) is 7.32. The van der Waals surface area contributed by atoms with E-state index in [0.29, 0.717) is 11.8 Å². The molecule has 3 nitrogen and oxygen atoms in total. The Hall–Kier alpha value is -2.49. The molecule has 0 amide bonds. The van der Waals surface area contributed by atoms with E-state index in [1.165, 1.54) is 12.0 Å². The zero-order valence-corrected chi connectivity index (χ0v) is 16.8. The SMILES string of the molecule is C=C[C@@H]1C[N@+]2(Cc3ccccc3)CC[C@@H]1C[C@@H]2[C@@H](O)c1ccnc2ccccc12. The number of hydrogen-bond acceptors (Lipinski definition) is 2. The summed E-state index contributed by atoms with van der Waals surface area (Å²) in [6, 6.07) is 21.2. The number of hydrogen-bond donors (Lipinski definition) is 1. The molecule has 3 aromatic rings. The van der Waals surface area contributed by atoms with E-state index in [1.807, 2.05) is 30.5 Å². The monoisotopic (exact) mass is 385 g/mol. The highest BCUT2D eigenvalue weighted by atomic mass is 16.3. The van der Waals surface area contributed by atoms with Crippen molar-refractivity contribution in [2.24, 2.45) is 11.8 Å². The lowest BCUT2D eigenvalue weighted by atomic mass is 9.71. The van der Waals surface area contributed by atoms with Crippen molar-refractivity contribution in [2.45, 2.75) is 31.5 Å². The molecular formula is C26H29N2O+. The first kappa shape index (κ1) is 18.5. The largest absolute Gasteiger partial charge is 0.382 e. The maximum Gasteiger partial charge on any atom is 0.131 e. The Labute approximate surface area is 172 Å². The summed E-state index contributed by atoms with van der Waals surface area (Å²) in [6.07, 6.45) is 5.79. The minimum atomic E-state index is -0.486. The molecule has 148 valence electrons. The molecule has 6 rings (SSSR count). The highest BCUT2D eigenvalue weighted by Crippen LogP contribution is 2.47. The van der Waals surface area contributed by atoms with Crippen molar-refractivity contribution in [3.63, 3.8) is 0 Å². The van der Waals surface area contributed by atoms with E-state index in [9.17, 15) is 5.11 Å². The van der Waals surface area contributed by atoms with Gasteiger partial charge in [0.15, 0.2) is 0 Å². The average Bonchev–Trinajstić information content (AvgIpc) is 2.78. The van der Waals surface area contributed by atoms with E-state index in [4.69, 9.17) is 0 Å². The summed E-state index contributed by atoms with van der Waals surface area (Å²) in [7, 11) is 0. The first-order valence-electron chi connectivity index (χ1n) is 10.7. The number of aliphatic hydroxyl groups excluding tert-OH is 1. The van der Waals surface area contributed by atoms with Gasteiger partial charge in [0.1, 0.15) is 18.7 Å². The molecule has 3 fully saturated rings. The molecule has 3 aliphatic heterocycles. The van der Waals surface area contributed by atoms with E-state index in [1.54, 1.807) is 0 Å². The van der Waals surface area contributed by atoms with Gasteiger partial charge in [0, 0.05) is 35.9 Å². The molecular weight excluding hydrogens is 356 g/mol. The summed E-state index contributed by atoms with van der Waals surface area (Å²) in [4.78, 5) is 4.50. The second kappa shape index (κ2) is 7.40. The molecule has 0 spiro atoms. The summed E-state index contributed by atoms with van der Waals surface area (Å²) < 4.78 is 0.953. The highest BCUT2D eigenvalue weighted by Gasteiger charge is 2.53. The second-order valence-corrected chi connectivity index (χ2v) is 8.88. The zero-order valence-electron chi connectivity index (χ0n) is 16.8. The van der Waals surface area contributed by atoms with E-state index < -0.39 is 6.10 Å². The maximum absolute atomic E-state index is 11.7. The lowest BCUT2D eigenvalue weighted by Gasteiger charge is -2.58. The van der Waals surface area contributed by atoms with Crippen LogP contribution in [-0.2, 0) is 6.54 Å². The number of para-hydroxylation sites is 1. The van der Waals surface area contributed by atoms with Crippen molar-refractivity contribution < 1.29 is 9.59 Å². The predicted molar refractivity (Wildman–Crippen MR) is 117 cm³/mol. The number of fused-ring (bicyclic) bond motifs is 4. The van der Waals surface area contributed by atoms with E-state index in [0.717, 1.165) is 47.0 Å². The minimum absolute atomic E-state index is 0.205. The molecule has 4 heterocycles. The van der Waals surface area contributed by atoms with Gasteiger partial charge in [-0.3, -0.25) is 4.98 Å². The summed E-state index contributed by atoms with van der Waals surface area (Å²) >= 11 is 0. The number of pyridine rings is 1. The molecule has 29 heavy (non-hydrogen) atoms. The minimum Gasteiger partial charge on any atom is -0.382 e. The molecule has 2 aromatic carbocycles. The molecule has 2 bridgehead atoms. The van der Waals surface area contributed by atoms with Gasteiger partial charge in [-0.05, 0) is 23.6 Å². The van der Waals surface area contributed by atoms with Gasteiger partial charge < -0.3 is 9.59 Å². The van der Waals surface area contributed by atoms with Crippen molar-refractivity contribution in [2.75, 3.05) is 13.1 Å². The number of aliphatic hydroxyl groups is 1. The molecule has 0 radical (unpaired) electrons. The fraction of sp³-hybridized carbons (Fsp3) is 0.346. The van der Waals surface area contributed by atoms with Crippen LogP contribution in [0.5, 0.6) is 0 Å². The van der Waals surface area contributed by atoms with E-state index in [-0.39, 0.29) is 6.04 Å². The van der Waals surface area contributed by atoms with Crippen LogP contribution < -0.4 is 0 Å². The molecule has 0 aliphatic carbocycles. The number of nitrogens with zero attached hydrogens (tertiary/aromatic N) is 2. The van der Waals surface area contributed by atoms with Crippen LogP contribution in [0.2, 0.25) is 0 Å². The van der Waals surface area contributed by atoms with Crippen molar-refractivity contribution in [1.29, 1.82) is 0 Å². The van der Waals surface area contributed by atoms with Crippen molar-refractivity contribution >= 4 is 10.9 Å². The van der Waals surface area contributed by atoms with Crippen LogP contribution in [0, 0.1) is 11.8 Å². The van der Waals surface area contributed by atoms with Crippen molar-refractivity contribution in [1.82, 2.24) is 4.98 Å². The molecule has 0 unspecified atom stereocenters. The fourth-order valence-corrected chi connectivity index (χ4v) is 5.91. The average molecular weight is 386 g/mol. The van der Waals surface area contributed by atoms with Gasteiger partial charge in [0.2, 0.25) is 0 Å². The third kappa shape index (κ3) is 3.19. The topological polar surface area (TPSA) is 33.1 Å². The quantitative estimate of drug-likeness (QED) is 0.502. The van der Waals surface area contributed by atoms with Crippen LogP contribution in [0.1, 0.15) is 30.1 Å². The van der Waals surface area contributed by atoms with Crippen LogP contribution in [0.15, 0.2) is 79.5 Å². The van der Waals surface area contributed by atoms with Gasteiger partial charge in [-0.2, -0.15) is 0 Å². The Kier molecular flexibility index (Phi) is 4.73. The van der Waals surface area contributed by atoms with Crippen LogP contribution in [-0.4, -0.2) is 33.7 Å². The van der Waals surface area contributed by atoms with E-state index >= 15 is 0 Å². The van der Waals surface area contributed by atoms with Crippen molar-refractivity contribution in [3.8, 4) is 0 Å². The zero-order chi connectivity index (χ0) is 19.8. The Morgan fingerprint density at radius 2 is 1.90 bits per heavy atom. The molecule has 3 saturated heterocycles. The molecule has 0 saturated carbocycles. The van der Waals surface area contributed by atoms with Gasteiger partial charge in [-0.25, -0.2) is 0 Å². The third-order valence-electron chi connectivity index (χ3n) is 7.38. The van der Waals surface area contributed by atoms with Gasteiger partial charge in [-0.1, -0.05) is 54.6 Å². The van der Waals surface area contributed by atoms with Gasteiger partial charge >= 0.3 is 0 Å². The second-order valence-electron chi connectivity index (χ2n) is 8.88. The Morgan fingerprint density at radius 3 is 2.72 bits per heavy atom. The highest BCUT2D eigenvalue weighted by molar-refractivity contribution is 5.82. The van der Waals surface area contributed by atoms with Crippen LogP contribution in [0.4, 0.5) is 0 Å². The van der Waals surface area contributed by atoms with Crippen LogP contribution >= 0.6 is 0 Å². The van der Waals surface area contributed by atoms with Crippen LogP contribution in [0.3, 0.4) is 0 Å². The van der Waals surface area contributed by atoms with Crippen molar-refractivity contribution in [3.05, 3.63) is 90.6 Å². The first-order chi connectivity index (χ1) is 14.2. The fourth-order valence-electron chi connectivity index (χ4n) is 5.91. The summed E-state index contributed by atoms with van der Waals surface area (Å²) in [5.74, 6) is 1.18. The Balaban J connectivity index is 1.56. The molecule has 3 heteroatoms. The number of piperidine rings is 3. The van der Waals surface area contributed by atoms with Gasteiger partial charge in [0.05, 0.1) is 18.6 Å². The number of quaternary nitrogens is 1. The van der Waals surface area contributed by atoms with Gasteiger partial charge in [-0.15, -0.1) is 6.58 Å². The lowest BCUT2D eigenvalue weighted by molar-refractivity contribution is -0.984.